The second-order valence-corrected chi connectivity index (χ2v) is 8.85. The summed E-state index contributed by atoms with van der Waals surface area (Å²) in [5.41, 5.74) is 1.08. The first-order chi connectivity index (χ1) is 13.8. The van der Waals surface area contributed by atoms with Crippen molar-refractivity contribution in [1.29, 1.82) is 0 Å². The van der Waals surface area contributed by atoms with Gasteiger partial charge in [0.05, 0.1) is 16.1 Å². The summed E-state index contributed by atoms with van der Waals surface area (Å²) in [6.07, 6.45) is 3.39. The Balaban J connectivity index is 1.56. The number of Topliss-reactive ketones (excluding diaryl/α,β-unsaturated/α-hetero) is 1. The SMILES string of the molecule is O=C(CCC1(O)CCC(F)(F)CC1)c1cc(C2CCOCC2)n2cccc(Cl)c12. The van der Waals surface area contributed by atoms with Gasteiger partial charge in [-0.15, -0.1) is 0 Å². The highest BCUT2D eigenvalue weighted by molar-refractivity contribution is 6.35. The highest BCUT2D eigenvalue weighted by Crippen LogP contribution is 2.41. The van der Waals surface area contributed by atoms with Crippen LogP contribution in [0.15, 0.2) is 24.4 Å². The Kier molecular flexibility index (Phi) is 5.70. The normalized spacial score (nSPS) is 22.1. The van der Waals surface area contributed by atoms with Crippen LogP contribution in [0.1, 0.15) is 73.3 Å². The summed E-state index contributed by atoms with van der Waals surface area (Å²) in [6, 6.07) is 5.54. The molecule has 1 saturated carbocycles. The molecule has 1 aliphatic carbocycles. The van der Waals surface area contributed by atoms with E-state index in [2.05, 4.69) is 0 Å². The van der Waals surface area contributed by atoms with E-state index in [-0.39, 0.29) is 44.3 Å². The maximum absolute atomic E-state index is 13.4. The van der Waals surface area contributed by atoms with Crippen LogP contribution < -0.4 is 0 Å². The van der Waals surface area contributed by atoms with Crippen LogP contribution in [0.5, 0.6) is 0 Å². The van der Waals surface area contributed by atoms with Gasteiger partial charge in [-0.2, -0.15) is 0 Å². The minimum Gasteiger partial charge on any atom is -0.390 e. The number of fused-ring (bicyclic) bond motifs is 1. The van der Waals surface area contributed by atoms with Crippen LogP contribution in [0.4, 0.5) is 8.78 Å². The van der Waals surface area contributed by atoms with E-state index in [0.717, 1.165) is 18.5 Å². The van der Waals surface area contributed by atoms with Gasteiger partial charge >= 0.3 is 0 Å². The van der Waals surface area contributed by atoms with Gasteiger partial charge in [0.25, 0.3) is 0 Å². The van der Waals surface area contributed by atoms with Crippen molar-refractivity contribution in [2.45, 2.75) is 68.8 Å². The van der Waals surface area contributed by atoms with Crippen LogP contribution in [0.3, 0.4) is 0 Å². The van der Waals surface area contributed by atoms with E-state index >= 15 is 0 Å². The Hall–Kier alpha value is -1.50. The molecule has 2 fully saturated rings. The lowest BCUT2D eigenvalue weighted by Gasteiger charge is -2.35. The van der Waals surface area contributed by atoms with Crippen molar-refractivity contribution in [2.24, 2.45) is 0 Å². The standard InChI is InChI=1S/C22H26ClF2NO3/c23-17-2-1-11-26-18(15-4-12-29-13-5-15)14-16(20(17)26)19(27)3-6-21(28)7-9-22(24,25)10-8-21/h1-2,11,14-15,28H,3-10,12-13H2. The van der Waals surface area contributed by atoms with Crippen molar-refractivity contribution in [3.63, 3.8) is 0 Å². The van der Waals surface area contributed by atoms with Gasteiger partial charge in [0.15, 0.2) is 5.78 Å². The van der Waals surface area contributed by atoms with Crippen molar-refractivity contribution < 1.29 is 23.4 Å². The first-order valence-electron chi connectivity index (χ1n) is 10.3. The Morgan fingerprint density at radius 1 is 1.24 bits per heavy atom. The predicted octanol–water partition coefficient (Wildman–Crippen LogP) is 5.39. The molecule has 3 heterocycles. The molecule has 0 aromatic carbocycles. The molecular formula is C22H26ClF2NO3. The average molecular weight is 426 g/mol. The molecule has 158 valence electrons. The Morgan fingerprint density at radius 2 is 1.93 bits per heavy atom. The van der Waals surface area contributed by atoms with Gasteiger partial charge in [0, 0.05) is 55.8 Å². The fourth-order valence-corrected chi connectivity index (χ4v) is 4.84. The number of nitrogens with zero attached hydrogens (tertiary/aromatic N) is 1. The number of hydrogen-bond donors (Lipinski definition) is 1. The van der Waals surface area contributed by atoms with Crippen molar-refractivity contribution in [3.8, 4) is 0 Å². The molecule has 4 nitrogen and oxygen atoms in total. The van der Waals surface area contributed by atoms with E-state index in [0.29, 0.717) is 35.2 Å². The third-order valence-electron chi connectivity index (χ3n) is 6.44. The van der Waals surface area contributed by atoms with Crippen LogP contribution in [-0.2, 0) is 4.74 Å². The lowest BCUT2D eigenvalue weighted by molar-refractivity contribution is -0.105. The minimum atomic E-state index is -2.71. The summed E-state index contributed by atoms with van der Waals surface area (Å²) >= 11 is 6.44. The molecule has 0 spiro atoms. The number of carbonyl (C=O) groups excluding carboxylic acids is 1. The van der Waals surface area contributed by atoms with Crippen LogP contribution >= 0.6 is 11.6 Å². The average Bonchev–Trinajstić information content (AvgIpc) is 3.11. The van der Waals surface area contributed by atoms with Crippen molar-refractivity contribution in [1.82, 2.24) is 4.40 Å². The predicted molar refractivity (Wildman–Crippen MR) is 107 cm³/mol. The van der Waals surface area contributed by atoms with E-state index in [4.69, 9.17) is 16.3 Å². The molecule has 1 aliphatic heterocycles. The first-order valence-corrected chi connectivity index (χ1v) is 10.7. The first kappa shape index (κ1) is 20.8. The summed E-state index contributed by atoms with van der Waals surface area (Å²) < 4.78 is 34.3. The lowest BCUT2D eigenvalue weighted by atomic mass is 9.79. The van der Waals surface area contributed by atoms with Gasteiger partial charge in [-0.3, -0.25) is 4.79 Å². The summed E-state index contributed by atoms with van der Waals surface area (Å²) in [7, 11) is 0. The van der Waals surface area contributed by atoms with Gasteiger partial charge in [-0.05, 0) is 50.3 Å². The Bertz CT molecular complexity index is 895. The number of ketones is 1. The molecule has 1 N–H and O–H groups in total. The molecule has 2 aliphatic rings. The molecule has 0 amide bonds. The van der Waals surface area contributed by atoms with E-state index in [9.17, 15) is 18.7 Å². The number of halogens is 3. The zero-order valence-electron chi connectivity index (χ0n) is 16.3. The minimum absolute atomic E-state index is 0.0257. The molecular weight excluding hydrogens is 400 g/mol. The summed E-state index contributed by atoms with van der Waals surface area (Å²) in [6.45, 7) is 1.39. The number of ether oxygens (including phenoxy) is 1. The zero-order chi connectivity index (χ0) is 20.6. The molecule has 0 bridgehead atoms. The van der Waals surface area contributed by atoms with Crippen LogP contribution in [0.2, 0.25) is 5.02 Å². The molecule has 0 radical (unpaired) electrons. The van der Waals surface area contributed by atoms with Gasteiger partial charge in [-0.25, -0.2) is 8.78 Å². The Labute approximate surface area is 173 Å². The fraction of sp³-hybridized carbons (Fsp3) is 0.591. The van der Waals surface area contributed by atoms with Crippen LogP contribution in [0, 0.1) is 0 Å². The molecule has 1 saturated heterocycles. The van der Waals surface area contributed by atoms with Gasteiger partial charge in [0.2, 0.25) is 5.92 Å². The maximum atomic E-state index is 13.4. The molecule has 7 heteroatoms. The molecule has 4 rings (SSSR count). The molecule has 29 heavy (non-hydrogen) atoms. The number of aliphatic hydroxyl groups is 1. The van der Waals surface area contributed by atoms with Crippen LogP contribution in [-0.4, -0.2) is 40.0 Å². The third kappa shape index (κ3) is 4.35. The molecule has 0 unspecified atom stereocenters. The van der Waals surface area contributed by atoms with Crippen molar-refractivity contribution in [2.75, 3.05) is 13.2 Å². The van der Waals surface area contributed by atoms with Crippen LogP contribution in [0.25, 0.3) is 5.52 Å². The highest BCUT2D eigenvalue weighted by Gasteiger charge is 2.42. The number of pyridine rings is 1. The van der Waals surface area contributed by atoms with Crippen molar-refractivity contribution >= 4 is 22.9 Å². The van der Waals surface area contributed by atoms with Crippen molar-refractivity contribution in [3.05, 3.63) is 40.7 Å². The van der Waals surface area contributed by atoms with Gasteiger partial charge in [-0.1, -0.05) is 11.6 Å². The van der Waals surface area contributed by atoms with Gasteiger partial charge < -0.3 is 14.2 Å². The van der Waals surface area contributed by atoms with E-state index in [1.807, 2.05) is 22.7 Å². The second-order valence-electron chi connectivity index (χ2n) is 8.45. The molecule has 2 aromatic rings. The quantitative estimate of drug-likeness (QED) is 0.653. The maximum Gasteiger partial charge on any atom is 0.248 e. The summed E-state index contributed by atoms with van der Waals surface area (Å²) in [4.78, 5) is 13.1. The number of rotatable bonds is 5. The second kappa shape index (κ2) is 7.97. The lowest BCUT2D eigenvalue weighted by Crippen LogP contribution is -2.38. The summed E-state index contributed by atoms with van der Waals surface area (Å²) in [5, 5.41) is 11.2. The van der Waals surface area contributed by atoms with E-state index in [1.165, 1.54) is 0 Å². The number of hydrogen-bond acceptors (Lipinski definition) is 3. The van der Waals surface area contributed by atoms with Gasteiger partial charge in [0.1, 0.15) is 0 Å². The summed E-state index contributed by atoms with van der Waals surface area (Å²) in [5.74, 6) is -2.53. The molecule has 2 aromatic heterocycles. The number of alkyl halides is 2. The third-order valence-corrected chi connectivity index (χ3v) is 6.74. The number of aromatic nitrogens is 1. The zero-order valence-corrected chi connectivity index (χ0v) is 17.1. The topological polar surface area (TPSA) is 50.9 Å². The largest absolute Gasteiger partial charge is 0.390 e. The highest BCUT2D eigenvalue weighted by atomic mass is 35.5. The number of carbonyl (C=O) groups is 1. The molecule has 0 atom stereocenters. The van der Waals surface area contributed by atoms with E-state index in [1.54, 1.807) is 6.07 Å². The van der Waals surface area contributed by atoms with E-state index < -0.39 is 11.5 Å². The fourth-order valence-electron chi connectivity index (χ4n) is 4.57. The monoisotopic (exact) mass is 425 g/mol. The Morgan fingerprint density at radius 3 is 2.62 bits per heavy atom. The smallest absolute Gasteiger partial charge is 0.248 e.